The molecule has 0 bridgehead atoms. The minimum Gasteiger partial charge on any atom is -0.506 e. The van der Waals surface area contributed by atoms with Gasteiger partial charge in [0.25, 0.3) is 0 Å². The fourth-order valence-electron chi connectivity index (χ4n) is 3.87. The number of aryl methyl sites for hydroxylation is 4. The lowest BCUT2D eigenvalue weighted by molar-refractivity contribution is 0.470. The van der Waals surface area contributed by atoms with Crippen LogP contribution in [0, 0.1) is 27.7 Å². The molecule has 0 aliphatic carbocycles. The lowest BCUT2D eigenvalue weighted by Gasteiger charge is -2.17. The van der Waals surface area contributed by atoms with E-state index in [1.165, 1.54) is 12.1 Å². The Morgan fingerprint density at radius 3 is 2.13 bits per heavy atom. The van der Waals surface area contributed by atoms with Crippen molar-refractivity contribution < 1.29 is 13.5 Å². The topological polar surface area (TPSA) is 54.4 Å². The van der Waals surface area contributed by atoms with Crippen molar-refractivity contribution in [2.75, 3.05) is 0 Å². The van der Waals surface area contributed by atoms with Crippen molar-refractivity contribution in [2.24, 2.45) is 0 Å². The Labute approximate surface area is 188 Å². The van der Waals surface area contributed by atoms with Crippen LogP contribution in [0.5, 0.6) is 5.75 Å². The molecule has 158 valence electrons. The molecule has 0 aliphatic rings. The molecule has 0 aromatic heterocycles. The molecule has 1 N–H and O–H groups in total. The standard InChI is InChI=1S/C24H24Cl2O3S/c1-14-5-6-18(16(3)7-14)10-19-9-15(2)8-17(4)24(19)30(28,29)13-20-11-21(25)12-22(26)23(20)27/h5-9,11-12,27H,10,13H2,1-4H3. The Bertz CT molecular complexity index is 1230. The number of phenols is 1. The summed E-state index contributed by atoms with van der Waals surface area (Å²) in [4.78, 5) is 0.295. The second kappa shape index (κ2) is 8.62. The summed E-state index contributed by atoms with van der Waals surface area (Å²) in [5.41, 5.74) is 5.98. The van der Waals surface area contributed by atoms with Crippen LogP contribution in [0.2, 0.25) is 10.0 Å². The maximum absolute atomic E-state index is 13.5. The maximum Gasteiger partial charge on any atom is 0.183 e. The van der Waals surface area contributed by atoms with Gasteiger partial charge in [-0.05, 0) is 68.5 Å². The lowest BCUT2D eigenvalue weighted by atomic mass is 9.96. The molecule has 0 saturated carbocycles. The average molecular weight is 463 g/mol. The van der Waals surface area contributed by atoms with Crippen molar-refractivity contribution >= 4 is 33.0 Å². The summed E-state index contributed by atoms with van der Waals surface area (Å²) in [6.45, 7) is 7.82. The number of hydrogen-bond acceptors (Lipinski definition) is 3. The number of phenolic OH excluding ortho intramolecular Hbond substituents is 1. The SMILES string of the molecule is Cc1ccc(Cc2cc(C)cc(C)c2S(=O)(=O)Cc2cc(Cl)cc(Cl)c2O)c(C)c1. The molecule has 3 nitrogen and oxygen atoms in total. The van der Waals surface area contributed by atoms with Gasteiger partial charge < -0.3 is 5.11 Å². The van der Waals surface area contributed by atoms with Crippen LogP contribution in [-0.2, 0) is 22.0 Å². The third kappa shape index (κ3) is 4.83. The molecular formula is C24H24Cl2O3S. The summed E-state index contributed by atoms with van der Waals surface area (Å²) in [7, 11) is -3.77. The first-order valence-corrected chi connectivity index (χ1v) is 11.9. The monoisotopic (exact) mass is 462 g/mol. The van der Waals surface area contributed by atoms with E-state index < -0.39 is 9.84 Å². The highest BCUT2D eigenvalue weighted by molar-refractivity contribution is 7.90. The van der Waals surface area contributed by atoms with Crippen LogP contribution in [0.15, 0.2) is 47.4 Å². The van der Waals surface area contributed by atoms with E-state index in [2.05, 4.69) is 6.07 Å². The van der Waals surface area contributed by atoms with Gasteiger partial charge in [0.15, 0.2) is 9.84 Å². The van der Waals surface area contributed by atoms with E-state index in [4.69, 9.17) is 23.2 Å². The average Bonchev–Trinajstić information content (AvgIpc) is 2.60. The van der Waals surface area contributed by atoms with Crippen molar-refractivity contribution in [3.05, 3.63) is 91.5 Å². The van der Waals surface area contributed by atoms with Gasteiger partial charge in [-0.3, -0.25) is 0 Å². The molecule has 0 atom stereocenters. The normalized spacial score (nSPS) is 11.7. The first-order chi connectivity index (χ1) is 14.0. The maximum atomic E-state index is 13.5. The third-order valence-electron chi connectivity index (χ3n) is 5.14. The number of aromatic hydroxyl groups is 1. The Hall–Kier alpha value is -2.01. The fraction of sp³-hybridized carbons (Fsp3) is 0.250. The van der Waals surface area contributed by atoms with Crippen molar-refractivity contribution in [1.29, 1.82) is 0 Å². The minimum atomic E-state index is -3.77. The first kappa shape index (κ1) is 22.7. The van der Waals surface area contributed by atoms with E-state index in [0.717, 1.165) is 27.8 Å². The summed E-state index contributed by atoms with van der Waals surface area (Å²) in [5.74, 6) is -0.645. The van der Waals surface area contributed by atoms with Crippen LogP contribution < -0.4 is 0 Å². The molecule has 6 heteroatoms. The molecule has 0 aliphatic heterocycles. The van der Waals surface area contributed by atoms with Crippen molar-refractivity contribution in [2.45, 2.75) is 44.8 Å². The molecule has 3 aromatic carbocycles. The molecule has 0 radical (unpaired) electrons. The molecular weight excluding hydrogens is 439 g/mol. The zero-order valence-electron chi connectivity index (χ0n) is 17.4. The highest BCUT2D eigenvalue weighted by Gasteiger charge is 2.25. The quantitative estimate of drug-likeness (QED) is 0.470. The summed E-state index contributed by atoms with van der Waals surface area (Å²) in [6.07, 6.45) is 0.505. The zero-order chi connectivity index (χ0) is 22.2. The Balaban J connectivity index is 2.11. The molecule has 0 fully saturated rings. The van der Waals surface area contributed by atoms with Gasteiger partial charge in [-0.1, -0.05) is 64.7 Å². The number of hydrogen-bond donors (Lipinski definition) is 1. The predicted molar refractivity (Wildman–Crippen MR) is 124 cm³/mol. The van der Waals surface area contributed by atoms with Crippen molar-refractivity contribution in [1.82, 2.24) is 0 Å². The number of sulfone groups is 1. The minimum absolute atomic E-state index is 0.0313. The van der Waals surface area contributed by atoms with Gasteiger partial charge in [0.1, 0.15) is 5.75 Å². The number of halogens is 2. The van der Waals surface area contributed by atoms with Gasteiger partial charge in [0.05, 0.1) is 15.7 Å². The van der Waals surface area contributed by atoms with Crippen LogP contribution in [0.25, 0.3) is 0 Å². The second-order valence-corrected chi connectivity index (χ2v) is 10.6. The molecule has 0 amide bonds. The largest absolute Gasteiger partial charge is 0.506 e. The van der Waals surface area contributed by atoms with Crippen LogP contribution in [0.3, 0.4) is 0 Å². The summed E-state index contributed by atoms with van der Waals surface area (Å²) in [6, 6.07) is 12.8. The number of rotatable bonds is 5. The zero-order valence-corrected chi connectivity index (χ0v) is 19.7. The predicted octanol–water partition coefficient (Wildman–Crippen LogP) is 6.50. The fourth-order valence-corrected chi connectivity index (χ4v) is 6.26. The van der Waals surface area contributed by atoms with E-state index in [9.17, 15) is 13.5 Å². The van der Waals surface area contributed by atoms with Crippen LogP contribution in [0.1, 0.15) is 38.9 Å². The van der Waals surface area contributed by atoms with E-state index in [1.54, 1.807) is 6.92 Å². The summed E-state index contributed by atoms with van der Waals surface area (Å²) < 4.78 is 26.9. The van der Waals surface area contributed by atoms with Gasteiger partial charge in [-0.25, -0.2) is 8.42 Å². The molecule has 3 rings (SSSR count). The van der Waals surface area contributed by atoms with E-state index >= 15 is 0 Å². The molecule has 3 aromatic rings. The summed E-state index contributed by atoms with van der Waals surface area (Å²) >= 11 is 12.0. The third-order valence-corrected chi connectivity index (χ3v) is 7.54. The van der Waals surface area contributed by atoms with Gasteiger partial charge >= 0.3 is 0 Å². The summed E-state index contributed by atoms with van der Waals surface area (Å²) in [5, 5.41) is 10.6. The highest BCUT2D eigenvalue weighted by atomic mass is 35.5. The van der Waals surface area contributed by atoms with Gasteiger partial charge in [0.2, 0.25) is 0 Å². The van der Waals surface area contributed by atoms with Gasteiger partial charge in [-0.2, -0.15) is 0 Å². The highest BCUT2D eigenvalue weighted by Crippen LogP contribution is 2.35. The van der Waals surface area contributed by atoms with Crippen molar-refractivity contribution in [3.8, 4) is 5.75 Å². The Morgan fingerprint density at radius 1 is 0.800 bits per heavy atom. The molecule has 30 heavy (non-hydrogen) atoms. The van der Waals surface area contributed by atoms with Crippen LogP contribution in [-0.4, -0.2) is 13.5 Å². The molecule has 0 heterocycles. The number of benzene rings is 3. The Morgan fingerprint density at radius 2 is 1.47 bits per heavy atom. The lowest BCUT2D eigenvalue weighted by Crippen LogP contribution is -2.12. The second-order valence-electron chi connectivity index (χ2n) is 7.83. The van der Waals surface area contributed by atoms with E-state index in [0.29, 0.717) is 16.9 Å². The molecule has 0 saturated heterocycles. The Kier molecular flexibility index (Phi) is 6.51. The van der Waals surface area contributed by atoms with Gasteiger partial charge in [0, 0.05) is 10.6 Å². The van der Waals surface area contributed by atoms with Crippen LogP contribution >= 0.6 is 23.2 Å². The molecule has 0 spiro atoms. The smallest absolute Gasteiger partial charge is 0.183 e. The van der Waals surface area contributed by atoms with Crippen molar-refractivity contribution in [3.63, 3.8) is 0 Å². The van der Waals surface area contributed by atoms with Crippen LogP contribution in [0.4, 0.5) is 0 Å². The van der Waals surface area contributed by atoms with E-state index in [1.807, 2.05) is 45.0 Å². The first-order valence-electron chi connectivity index (χ1n) is 9.54. The van der Waals surface area contributed by atoms with Gasteiger partial charge in [-0.15, -0.1) is 0 Å². The van der Waals surface area contributed by atoms with E-state index in [-0.39, 0.29) is 27.1 Å². The molecule has 0 unspecified atom stereocenters.